The van der Waals surface area contributed by atoms with Crippen molar-refractivity contribution < 1.29 is 9.47 Å². The van der Waals surface area contributed by atoms with Crippen molar-refractivity contribution in [2.45, 2.75) is 19.3 Å². The molecule has 0 aliphatic rings. The van der Waals surface area contributed by atoms with Crippen molar-refractivity contribution in [1.82, 2.24) is 0 Å². The van der Waals surface area contributed by atoms with E-state index in [2.05, 4.69) is 13.8 Å². The third-order valence-electron chi connectivity index (χ3n) is 2.65. The normalized spacial score (nSPS) is 11.3. The van der Waals surface area contributed by atoms with Crippen LogP contribution in [0, 0.1) is 0 Å². The molecule has 1 aromatic carbocycles. The van der Waals surface area contributed by atoms with Crippen molar-refractivity contribution in [3.63, 3.8) is 0 Å². The third kappa shape index (κ3) is 2.42. The number of hydrogen-bond donors (Lipinski definition) is 1. The van der Waals surface area contributed by atoms with Crippen molar-refractivity contribution in [1.29, 1.82) is 0 Å². The molecule has 2 N–H and O–H groups in total. The van der Waals surface area contributed by atoms with Gasteiger partial charge in [-0.25, -0.2) is 0 Å². The largest absolute Gasteiger partial charge is 0.497 e. The summed E-state index contributed by atoms with van der Waals surface area (Å²) < 4.78 is 10.5. The molecule has 0 heterocycles. The van der Waals surface area contributed by atoms with Gasteiger partial charge in [0.05, 0.1) is 14.2 Å². The van der Waals surface area contributed by atoms with E-state index in [0.717, 1.165) is 17.1 Å². The Morgan fingerprint density at radius 1 is 1.20 bits per heavy atom. The molecule has 3 nitrogen and oxygen atoms in total. The van der Waals surface area contributed by atoms with E-state index in [-0.39, 0.29) is 5.41 Å². The van der Waals surface area contributed by atoms with Crippen LogP contribution < -0.4 is 15.2 Å². The summed E-state index contributed by atoms with van der Waals surface area (Å²) in [5, 5.41) is 0. The summed E-state index contributed by atoms with van der Waals surface area (Å²) in [6.45, 7) is 4.74. The second-order valence-electron chi connectivity index (χ2n) is 4.15. The van der Waals surface area contributed by atoms with Crippen LogP contribution in [0.25, 0.3) is 0 Å². The van der Waals surface area contributed by atoms with E-state index in [1.54, 1.807) is 14.2 Å². The number of rotatable bonds is 4. The first-order valence-corrected chi connectivity index (χ1v) is 4.97. The molecule has 84 valence electrons. The minimum Gasteiger partial charge on any atom is -0.497 e. The van der Waals surface area contributed by atoms with Gasteiger partial charge in [0.15, 0.2) is 0 Å². The van der Waals surface area contributed by atoms with E-state index >= 15 is 0 Å². The Labute approximate surface area is 91.2 Å². The zero-order valence-electron chi connectivity index (χ0n) is 9.83. The monoisotopic (exact) mass is 209 g/mol. The van der Waals surface area contributed by atoms with E-state index in [4.69, 9.17) is 15.2 Å². The molecule has 0 saturated heterocycles. The molecule has 1 aromatic rings. The average Bonchev–Trinajstić information content (AvgIpc) is 2.28. The number of benzene rings is 1. The first-order chi connectivity index (χ1) is 7.05. The van der Waals surface area contributed by atoms with Gasteiger partial charge >= 0.3 is 0 Å². The molecule has 0 atom stereocenters. The lowest BCUT2D eigenvalue weighted by atomic mass is 9.84. The van der Waals surface area contributed by atoms with Crippen molar-refractivity contribution in [3.05, 3.63) is 23.8 Å². The smallest absolute Gasteiger partial charge is 0.122 e. The van der Waals surface area contributed by atoms with Gasteiger partial charge in [-0.05, 0) is 18.2 Å². The first kappa shape index (κ1) is 11.9. The highest BCUT2D eigenvalue weighted by molar-refractivity contribution is 5.44. The SMILES string of the molecule is COc1ccc(OC)c(C(C)(C)CN)c1. The predicted octanol–water partition coefficient (Wildman–Crippen LogP) is 1.94. The highest BCUT2D eigenvalue weighted by Crippen LogP contribution is 2.33. The molecule has 1 rings (SSSR count). The highest BCUT2D eigenvalue weighted by atomic mass is 16.5. The molecule has 0 spiro atoms. The molecule has 0 fully saturated rings. The summed E-state index contributed by atoms with van der Waals surface area (Å²) in [5.41, 5.74) is 6.72. The standard InChI is InChI=1S/C12H19NO2/c1-12(2,8-13)10-7-9(14-3)5-6-11(10)15-4/h5-7H,8,13H2,1-4H3. The van der Waals surface area contributed by atoms with E-state index in [1.807, 2.05) is 18.2 Å². The summed E-state index contributed by atoms with van der Waals surface area (Å²) in [6.07, 6.45) is 0. The number of hydrogen-bond acceptors (Lipinski definition) is 3. The first-order valence-electron chi connectivity index (χ1n) is 4.97. The molecular weight excluding hydrogens is 190 g/mol. The number of ether oxygens (including phenoxy) is 2. The minimum atomic E-state index is -0.111. The number of methoxy groups -OCH3 is 2. The van der Waals surface area contributed by atoms with Gasteiger partial charge in [-0.15, -0.1) is 0 Å². The number of nitrogens with two attached hydrogens (primary N) is 1. The van der Waals surface area contributed by atoms with Crippen LogP contribution in [-0.2, 0) is 5.41 Å². The molecule has 0 aliphatic carbocycles. The molecule has 0 aliphatic heterocycles. The fourth-order valence-corrected chi connectivity index (χ4v) is 1.45. The zero-order valence-corrected chi connectivity index (χ0v) is 9.83. The fourth-order valence-electron chi connectivity index (χ4n) is 1.45. The maximum Gasteiger partial charge on any atom is 0.122 e. The van der Waals surface area contributed by atoms with E-state index in [1.165, 1.54) is 0 Å². The Kier molecular flexibility index (Phi) is 3.58. The predicted molar refractivity (Wildman–Crippen MR) is 61.6 cm³/mol. The Bertz CT molecular complexity index is 334. The van der Waals surface area contributed by atoms with Crippen LogP contribution in [0.4, 0.5) is 0 Å². The van der Waals surface area contributed by atoms with Crippen LogP contribution in [0.3, 0.4) is 0 Å². The van der Waals surface area contributed by atoms with Crippen molar-refractivity contribution in [2.75, 3.05) is 20.8 Å². The van der Waals surface area contributed by atoms with Gasteiger partial charge in [0.2, 0.25) is 0 Å². The molecule has 0 saturated carbocycles. The highest BCUT2D eigenvalue weighted by Gasteiger charge is 2.23. The van der Waals surface area contributed by atoms with Crippen molar-refractivity contribution in [2.24, 2.45) is 5.73 Å². The summed E-state index contributed by atoms with van der Waals surface area (Å²) >= 11 is 0. The van der Waals surface area contributed by atoms with E-state index in [0.29, 0.717) is 6.54 Å². The second-order valence-corrected chi connectivity index (χ2v) is 4.15. The minimum absolute atomic E-state index is 0.111. The Morgan fingerprint density at radius 2 is 1.87 bits per heavy atom. The summed E-state index contributed by atoms with van der Waals surface area (Å²) in [5.74, 6) is 1.68. The molecular formula is C12H19NO2. The lowest BCUT2D eigenvalue weighted by molar-refractivity contribution is 0.384. The summed E-state index contributed by atoms with van der Waals surface area (Å²) in [6, 6.07) is 5.77. The molecule has 3 heteroatoms. The summed E-state index contributed by atoms with van der Waals surface area (Å²) in [7, 11) is 3.32. The van der Waals surface area contributed by atoms with Crippen LogP contribution in [-0.4, -0.2) is 20.8 Å². The Hall–Kier alpha value is -1.22. The van der Waals surface area contributed by atoms with Crippen LogP contribution in [0.5, 0.6) is 11.5 Å². The van der Waals surface area contributed by atoms with Gasteiger partial charge in [-0.3, -0.25) is 0 Å². The van der Waals surface area contributed by atoms with Crippen molar-refractivity contribution >= 4 is 0 Å². The van der Waals surface area contributed by atoms with E-state index in [9.17, 15) is 0 Å². The van der Waals surface area contributed by atoms with Crippen LogP contribution in [0.1, 0.15) is 19.4 Å². The van der Waals surface area contributed by atoms with Gasteiger partial charge in [0.1, 0.15) is 11.5 Å². The lowest BCUT2D eigenvalue weighted by Crippen LogP contribution is -2.28. The molecule has 15 heavy (non-hydrogen) atoms. The molecule has 0 amide bonds. The third-order valence-corrected chi connectivity index (χ3v) is 2.65. The van der Waals surface area contributed by atoms with Gasteiger partial charge in [0, 0.05) is 17.5 Å². The molecule has 0 radical (unpaired) electrons. The average molecular weight is 209 g/mol. The molecule has 0 aromatic heterocycles. The second kappa shape index (κ2) is 4.53. The van der Waals surface area contributed by atoms with Crippen LogP contribution in [0.2, 0.25) is 0 Å². The molecule has 0 bridgehead atoms. The van der Waals surface area contributed by atoms with E-state index < -0.39 is 0 Å². The quantitative estimate of drug-likeness (QED) is 0.824. The summed E-state index contributed by atoms with van der Waals surface area (Å²) in [4.78, 5) is 0. The molecule has 0 unspecified atom stereocenters. The lowest BCUT2D eigenvalue weighted by Gasteiger charge is -2.25. The van der Waals surface area contributed by atoms with Gasteiger partial charge in [-0.2, -0.15) is 0 Å². The van der Waals surface area contributed by atoms with Crippen LogP contribution in [0.15, 0.2) is 18.2 Å². The maximum atomic E-state index is 5.76. The van der Waals surface area contributed by atoms with Gasteiger partial charge < -0.3 is 15.2 Å². The topological polar surface area (TPSA) is 44.5 Å². The zero-order chi connectivity index (χ0) is 11.5. The maximum absolute atomic E-state index is 5.76. The van der Waals surface area contributed by atoms with Crippen molar-refractivity contribution in [3.8, 4) is 11.5 Å². The fraction of sp³-hybridized carbons (Fsp3) is 0.500. The Balaban J connectivity index is 3.23. The Morgan fingerprint density at radius 3 is 2.33 bits per heavy atom. The van der Waals surface area contributed by atoms with Gasteiger partial charge in [-0.1, -0.05) is 13.8 Å². The van der Waals surface area contributed by atoms with Crippen LogP contribution >= 0.6 is 0 Å². The van der Waals surface area contributed by atoms with Gasteiger partial charge in [0.25, 0.3) is 0 Å².